The number of aryl methyl sites for hydroxylation is 1. The van der Waals surface area contributed by atoms with Gasteiger partial charge in [0.15, 0.2) is 0 Å². The largest absolute Gasteiger partial charge is 0.497 e. The monoisotopic (exact) mass is 416 g/mol. The van der Waals surface area contributed by atoms with Crippen LogP contribution in [0.3, 0.4) is 0 Å². The van der Waals surface area contributed by atoms with Gasteiger partial charge in [0.25, 0.3) is 0 Å². The van der Waals surface area contributed by atoms with Crippen molar-refractivity contribution in [2.45, 2.75) is 37.6 Å². The third-order valence-electron chi connectivity index (χ3n) is 5.36. The second kappa shape index (κ2) is 9.41. The molecule has 0 atom stereocenters. The molecule has 7 heteroatoms. The van der Waals surface area contributed by atoms with Crippen molar-refractivity contribution in [3.63, 3.8) is 0 Å². The van der Waals surface area contributed by atoms with Gasteiger partial charge in [0.2, 0.25) is 15.9 Å². The van der Waals surface area contributed by atoms with Gasteiger partial charge in [-0.05, 0) is 55.5 Å². The fraction of sp³-hybridized carbons (Fsp3) is 0.409. The molecule has 0 saturated carbocycles. The van der Waals surface area contributed by atoms with Crippen LogP contribution in [0.2, 0.25) is 0 Å². The Balaban J connectivity index is 1.46. The first-order valence-corrected chi connectivity index (χ1v) is 11.3. The Morgan fingerprint density at radius 2 is 1.69 bits per heavy atom. The normalized spacial score (nSPS) is 15.8. The summed E-state index contributed by atoms with van der Waals surface area (Å²) in [5.74, 6) is 0.989. The third kappa shape index (κ3) is 5.58. The van der Waals surface area contributed by atoms with E-state index in [9.17, 15) is 13.2 Å². The fourth-order valence-electron chi connectivity index (χ4n) is 3.49. The summed E-state index contributed by atoms with van der Waals surface area (Å²) in [5.41, 5.74) is 2.04. The van der Waals surface area contributed by atoms with Gasteiger partial charge in [-0.15, -0.1) is 0 Å². The van der Waals surface area contributed by atoms with Crippen LogP contribution < -0.4 is 10.1 Å². The number of nitrogens with one attached hydrogen (secondary N) is 1. The zero-order valence-electron chi connectivity index (χ0n) is 16.9. The molecule has 1 saturated heterocycles. The van der Waals surface area contributed by atoms with E-state index in [1.54, 1.807) is 19.2 Å². The quantitative estimate of drug-likeness (QED) is 0.753. The van der Waals surface area contributed by atoms with Crippen LogP contribution in [0.15, 0.2) is 53.4 Å². The van der Waals surface area contributed by atoms with Crippen LogP contribution in [0.25, 0.3) is 0 Å². The molecule has 2 aromatic carbocycles. The number of sulfonamides is 1. The highest BCUT2D eigenvalue weighted by atomic mass is 32.2. The Bertz CT molecular complexity index is 916. The molecule has 6 nitrogen and oxygen atoms in total. The SMILES string of the molecule is COc1ccc(CNC(=O)CC2CCN(S(=O)(=O)c3ccc(C)cc3)CC2)cc1. The number of hydrogen-bond donors (Lipinski definition) is 1. The lowest BCUT2D eigenvalue weighted by atomic mass is 9.94. The highest BCUT2D eigenvalue weighted by molar-refractivity contribution is 7.89. The van der Waals surface area contributed by atoms with Crippen molar-refractivity contribution in [2.75, 3.05) is 20.2 Å². The fourth-order valence-corrected chi connectivity index (χ4v) is 4.96. The molecule has 0 spiro atoms. The molecule has 1 aliphatic heterocycles. The molecular formula is C22H28N2O4S. The molecule has 3 rings (SSSR count). The van der Waals surface area contributed by atoms with Crippen molar-refractivity contribution < 1.29 is 17.9 Å². The van der Waals surface area contributed by atoms with Crippen LogP contribution in [0, 0.1) is 12.8 Å². The van der Waals surface area contributed by atoms with E-state index >= 15 is 0 Å². The van der Waals surface area contributed by atoms with E-state index < -0.39 is 10.0 Å². The van der Waals surface area contributed by atoms with Gasteiger partial charge >= 0.3 is 0 Å². The van der Waals surface area contributed by atoms with Gasteiger partial charge in [-0.25, -0.2) is 8.42 Å². The van der Waals surface area contributed by atoms with E-state index in [2.05, 4.69) is 5.32 Å². The first-order valence-electron chi connectivity index (χ1n) is 9.85. The van der Waals surface area contributed by atoms with Gasteiger partial charge in [0.1, 0.15) is 5.75 Å². The Morgan fingerprint density at radius 3 is 2.28 bits per heavy atom. The van der Waals surface area contributed by atoms with Gasteiger partial charge in [0.05, 0.1) is 12.0 Å². The second-order valence-corrected chi connectivity index (χ2v) is 9.43. The molecule has 1 N–H and O–H groups in total. The van der Waals surface area contributed by atoms with Crippen molar-refractivity contribution in [3.05, 3.63) is 59.7 Å². The molecule has 2 aromatic rings. The van der Waals surface area contributed by atoms with E-state index in [1.807, 2.05) is 43.3 Å². The number of rotatable bonds is 7. The van der Waals surface area contributed by atoms with Crippen molar-refractivity contribution in [3.8, 4) is 5.75 Å². The number of hydrogen-bond acceptors (Lipinski definition) is 4. The Hall–Kier alpha value is -2.38. The standard InChI is InChI=1S/C22H28N2O4S/c1-17-3-9-21(10-4-17)29(26,27)24-13-11-18(12-14-24)15-22(25)23-16-19-5-7-20(28-2)8-6-19/h3-10,18H,11-16H2,1-2H3,(H,23,25). The number of carbonyl (C=O) groups is 1. The zero-order chi connectivity index (χ0) is 20.9. The summed E-state index contributed by atoms with van der Waals surface area (Å²) in [7, 11) is -1.84. The van der Waals surface area contributed by atoms with Crippen LogP contribution in [-0.4, -0.2) is 38.8 Å². The minimum absolute atomic E-state index is 0.000611. The number of amides is 1. The molecule has 0 radical (unpaired) electrons. The summed E-state index contributed by atoms with van der Waals surface area (Å²) >= 11 is 0. The lowest BCUT2D eigenvalue weighted by Gasteiger charge is -2.31. The van der Waals surface area contributed by atoms with E-state index in [-0.39, 0.29) is 11.8 Å². The van der Waals surface area contributed by atoms with Gasteiger partial charge in [-0.1, -0.05) is 29.8 Å². The number of piperidine rings is 1. The van der Waals surface area contributed by atoms with Crippen LogP contribution in [0.1, 0.15) is 30.4 Å². The summed E-state index contributed by atoms with van der Waals surface area (Å²) in [6.07, 6.45) is 1.82. The molecule has 1 heterocycles. The molecule has 0 unspecified atom stereocenters. The molecule has 0 aromatic heterocycles. The van der Waals surface area contributed by atoms with Gasteiger partial charge in [0, 0.05) is 26.1 Å². The Labute approximate surface area is 172 Å². The summed E-state index contributed by atoms with van der Waals surface area (Å²) < 4.78 is 32.2. The molecule has 0 aliphatic carbocycles. The molecule has 1 amide bonds. The van der Waals surface area contributed by atoms with E-state index in [4.69, 9.17) is 4.74 Å². The lowest BCUT2D eigenvalue weighted by molar-refractivity contribution is -0.122. The lowest BCUT2D eigenvalue weighted by Crippen LogP contribution is -2.39. The highest BCUT2D eigenvalue weighted by Crippen LogP contribution is 2.26. The molecule has 29 heavy (non-hydrogen) atoms. The maximum Gasteiger partial charge on any atom is 0.243 e. The average Bonchev–Trinajstić information content (AvgIpc) is 2.73. The smallest absolute Gasteiger partial charge is 0.243 e. The topological polar surface area (TPSA) is 75.7 Å². The van der Waals surface area contributed by atoms with E-state index in [0.29, 0.717) is 43.8 Å². The molecule has 1 aliphatic rings. The van der Waals surface area contributed by atoms with Crippen molar-refractivity contribution in [1.82, 2.24) is 9.62 Å². The zero-order valence-corrected chi connectivity index (χ0v) is 17.7. The molecular weight excluding hydrogens is 388 g/mol. The van der Waals surface area contributed by atoms with Gasteiger partial charge in [-0.3, -0.25) is 4.79 Å². The maximum absolute atomic E-state index is 12.8. The summed E-state index contributed by atoms with van der Waals surface area (Å²) in [4.78, 5) is 12.6. The molecule has 0 bridgehead atoms. The molecule has 1 fully saturated rings. The predicted octanol–water partition coefficient (Wildman–Crippen LogP) is 3.11. The predicted molar refractivity (Wildman–Crippen MR) is 112 cm³/mol. The second-order valence-electron chi connectivity index (χ2n) is 7.49. The Kier molecular flexibility index (Phi) is 6.92. The third-order valence-corrected chi connectivity index (χ3v) is 7.27. The number of ether oxygens (including phenoxy) is 1. The summed E-state index contributed by atoms with van der Waals surface area (Å²) in [6, 6.07) is 14.5. The van der Waals surface area contributed by atoms with Crippen molar-refractivity contribution in [1.29, 1.82) is 0 Å². The van der Waals surface area contributed by atoms with Crippen LogP contribution in [0.5, 0.6) is 5.75 Å². The molecule has 156 valence electrons. The number of benzene rings is 2. The van der Waals surface area contributed by atoms with Crippen molar-refractivity contribution >= 4 is 15.9 Å². The van der Waals surface area contributed by atoms with Crippen LogP contribution >= 0.6 is 0 Å². The number of methoxy groups -OCH3 is 1. The van der Waals surface area contributed by atoms with Crippen LogP contribution in [0.4, 0.5) is 0 Å². The number of nitrogens with zero attached hydrogens (tertiary/aromatic N) is 1. The summed E-state index contributed by atoms with van der Waals surface area (Å²) in [6.45, 7) is 3.31. The van der Waals surface area contributed by atoms with Crippen LogP contribution in [-0.2, 0) is 21.4 Å². The maximum atomic E-state index is 12.8. The van der Waals surface area contributed by atoms with E-state index in [0.717, 1.165) is 16.9 Å². The van der Waals surface area contributed by atoms with Crippen molar-refractivity contribution in [2.24, 2.45) is 5.92 Å². The van der Waals surface area contributed by atoms with Gasteiger partial charge < -0.3 is 10.1 Å². The summed E-state index contributed by atoms with van der Waals surface area (Å²) in [5, 5.41) is 2.94. The average molecular weight is 417 g/mol. The first kappa shape index (κ1) is 21.3. The minimum atomic E-state index is -3.46. The van der Waals surface area contributed by atoms with Gasteiger partial charge in [-0.2, -0.15) is 4.31 Å². The minimum Gasteiger partial charge on any atom is -0.497 e. The van der Waals surface area contributed by atoms with E-state index in [1.165, 1.54) is 4.31 Å². The highest BCUT2D eigenvalue weighted by Gasteiger charge is 2.30. The first-order chi connectivity index (χ1) is 13.9. The Morgan fingerprint density at radius 1 is 1.07 bits per heavy atom. The number of carbonyl (C=O) groups excluding carboxylic acids is 1.